The van der Waals surface area contributed by atoms with Crippen molar-refractivity contribution in [3.8, 4) is 0 Å². The van der Waals surface area contributed by atoms with E-state index in [1.165, 1.54) is 109 Å². The quantitative estimate of drug-likeness (QED) is 0.136. The minimum Gasteiger partial charge on any atom is -1.00 e. The summed E-state index contributed by atoms with van der Waals surface area (Å²) in [6.07, 6.45) is 9.35. The normalized spacial score (nSPS) is 12.6. The lowest BCUT2D eigenvalue weighted by atomic mass is 9.91. The molecule has 74 heavy (non-hydrogen) atoms. The van der Waals surface area contributed by atoms with Gasteiger partial charge >= 0.3 is 0 Å². The van der Waals surface area contributed by atoms with E-state index >= 15 is 0 Å². The number of aromatic nitrogens is 8. The number of para-hydroxylation sites is 8. The zero-order valence-electron chi connectivity index (χ0n) is 40.1. The molecule has 16 rings (SSSR count). The van der Waals surface area contributed by atoms with Crippen LogP contribution in [0.25, 0.3) is 87.2 Å². The molecule has 2 aliphatic heterocycles. The second-order valence-corrected chi connectivity index (χ2v) is 19.2. The predicted octanol–water partition coefficient (Wildman–Crippen LogP) is -1.20. The van der Waals surface area contributed by atoms with Crippen LogP contribution in [0.1, 0.15) is 22.3 Å². The molecule has 0 radical (unpaired) electrons. The number of nitrogens with zero attached hydrogens (tertiary/aromatic N) is 8. The highest BCUT2D eigenvalue weighted by atomic mass is 79.9. The van der Waals surface area contributed by atoms with Crippen LogP contribution in [0.5, 0.6) is 0 Å². The fourth-order valence-corrected chi connectivity index (χ4v) is 12.2. The van der Waals surface area contributed by atoms with E-state index in [4.69, 9.17) is 0 Å². The Morgan fingerprint density at radius 2 is 0.405 bits per heavy atom. The van der Waals surface area contributed by atoms with Crippen molar-refractivity contribution in [1.29, 1.82) is 0 Å². The first-order valence-electron chi connectivity index (χ1n) is 24.4. The number of rotatable bonds is 0. The van der Waals surface area contributed by atoms with Gasteiger partial charge in [0.1, 0.15) is 26.2 Å². The van der Waals surface area contributed by atoms with E-state index in [-0.39, 0.29) is 67.9 Å². The molecule has 8 nitrogen and oxygen atoms in total. The number of hydrogen-bond donors (Lipinski definition) is 0. The maximum atomic E-state index is 2.46. The number of hydrogen-bond acceptors (Lipinski definition) is 0. The molecule has 4 aromatic heterocycles. The first-order chi connectivity index (χ1) is 34.7. The van der Waals surface area contributed by atoms with Crippen molar-refractivity contribution in [2.75, 3.05) is 0 Å². The minimum atomic E-state index is 0. The second-order valence-electron chi connectivity index (χ2n) is 19.2. The van der Waals surface area contributed by atoms with Gasteiger partial charge in [0.15, 0.2) is 44.1 Å². The lowest BCUT2D eigenvalue weighted by Gasteiger charge is -2.15. The van der Waals surface area contributed by atoms with Crippen molar-refractivity contribution >= 4 is 87.2 Å². The van der Waals surface area contributed by atoms with Gasteiger partial charge in [-0.05, 0) is 91.6 Å². The van der Waals surface area contributed by atoms with Crippen molar-refractivity contribution in [3.05, 3.63) is 242 Å². The molecule has 0 aliphatic carbocycles. The van der Waals surface area contributed by atoms with Gasteiger partial charge in [0.2, 0.25) is 38.6 Å². The van der Waals surface area contributed by atoms with Gasteiger partial charge < -0.3 is 67.9 Å². The van der Waals surface area contributed by atoms with E-state index in [1.54, 1.807) is 0 Å². The zero-order chi connectivity index (χ0) is 45.9. The molecule has 0 atom stereocenters. The minimum absolute atomic E-state index is 0. The molecule has 0 spiro atoms. The van der Waals surface area contributed by atoms with Crippen LogP contribution in [-0.2, 0) is 39.5 Å². The monoisotopic (exact) mass is 1220 g/mol. The van der Waals surface area contributed by atoms with Crippen LogP contribution < -0.4 is 86.2 Å². The van der Waals surface area contributed by atoms with E-state index in [0.29, 0.717) is 13.3 Å². The van der Waals surface area contributed by atoms with Crippen molar-refractivity contribution in [2.24, 2.45) is 0 Å². The molecule has 14 aromatic rings. The summed E-state index contributed by atoms with van der Waals surface area (Å²) in [6.45, 7) is 4.25. The summed E-state index contributed by atoms with van der Waals surface area (Å²) in [5.74, 6) is 0. The third-order valence-electron chi connectivity index (χ3n) is 15.3. The van der Waals surface area contributed by atoms with Gasteiger partial charge in [-0.15, -0.1) is 0 Å². The molecule has 10 aromatic carbocycles. The molecule has 0 saturated heterocycles. The molecule has 2 aliphatic rings. The Morgan fingerprint density at radius 1 is 0.230 bits per heavy atom. The number of halogens is 4. The Kier molecular flexibility index (Phi) is 13.1. The third kappa shape index (κ3) is 7.79. The highest BCUT2D eigenvalue weighted by Gasteiger charge is 2.28. The van der Waals surface area contributed by atoms with Crippen LogP contribution in [0.2, 0.25) is 0 Å². The van der Waals surface area contributed by atoms with E-state index in [2.05, 4.69) is 256 Å². The highest BCUT2D eigenvalue weighted by molar-refractivity contribution is 6.07. The standard InChI is InChI=1S/C62H48N8.4BrH/c1-2-18-44-43(17-1)51-33-63-37-67(59-29-13-9-25-55(59)63)41-69-39-65(57-27-11-15-31-61(57)69)35-53-47-21-5-7-23-49(47)54(50-24-8-6-22-48(50)53)36-66-40-70(62-32-16-12-28-58(62)66)42-68-38-64(56-26-10-14-30-60(56)68)34-52(44)46-20-4-3-19-45(46)51;;;;/h1-32,37-40H,33-36,41-42H2;4*1H/q+4;;;;/p-4. The van der Waals surface area contributed by atoms with Crippen molar-refractivity contribution in [2.45, 2.75) is 39.5 Å². The Bertz CT molecular complexity index is 3790. The summed E-state index contributed by atoms with van der Waals surface area (Å²) >= 11 is 0. The van der Waals surface area contributed by atoms with E-state index < -0.39 is 0 Å². The fourth-order valence-electron chi connectivity index (χ4n) is 12.2. The Morgan fingerprint density at radius 3 is 0.608 bits per heavy atom. The molecular weight excluding hydrogens is 1180 g/mol. The molecular formula is C62H48Br4N8. The van der Waals surface area contributed by atoms with Gasteiger partial charge in [0.05, 0.1) is 0 Å². The molecule has 0 saturated carbocycles. The molecule has 0 unspecified atom stereocenters. The van der Waals surface area contributed by atoms with Gasteiger partial charge in [-0.2, -0.15) is 18.3 Å². The lowest BCUT2D eigenvalue weighted by Crippen LogP contribution is -3.00. The average Bonchev–Trinajstić information content (AvgIpc) is 4.16. The topological polar surface area (TPSA) is 35.2 Å². The maximum absolute atomic E-state index is 2.46. The summed E-state index contributed by atoms with van der Waals surface area (Å²) in [6, 6.07) is 71.9. The summed E-state index contributed by atoms with van der Waals surface area (Å²) in [4.78, 5) is 0. The van der Waals surface area contributed by atoms with Gasteiger partial charge in [-0.1, -0.05) is 146 Å². The van der Waals surface area contributed by atoms with E-state index in [9.17, 15) is 0 Å². The van der Waals surface area contributed by atoms with Crippen LogP contribution >= 0.6 is 0 Å². The molecule has 12 bridgehead atoms. The highest BCUT2D eigenvalue weighted by Crippen LogP contribution is 2.37. The average molecular weight is 1220 g/mol. The maximum Gasteiger partial charge on any atom is 0.248 e. The van der Waals surface area contributed by atoms with Gasteiger partial charge in [-0.3, -0.25) is 0 Å². The second kappa shape index (κ2) is 19.7. The summed E-state index contributed by atoms with van der Waals surface area (Å²) < 4.78 is 19.6. The van der Waals surface area contributed by atoms with Crippen molar-refractivity contribution in [3.63, 3.8) is 0 Å². The first-order valence-corrected chi connectivity index (χ1v) is 24.4. The number of benzene rings is 10. The fraction of sp³-hybridized carbons (Fsp3) is 0.0968. The van der Waals surface area contributed by atoms with Crippen LogP contribution in [0.3, 0.4) is 0 Å². The van der Waals surface area contributed by atoms with Crippen LogP contribution in [-0.4, -0.2) is 18.3 Å². The largest absolute Gasteiger partial charge is 1.00 e. The van der Waals surface area contributed by atoms with Crippen molar-refractivity contribution < 1.29 is 86.2 Å². The van der Waals surface area contributed by atoms with E-state index in [1.807, 2.05) is 0 Å². The van der Waals surface area contributed by atoms with Gasteiger partial charge in [0, 0.05) is 22.3 Å². The smallest absolute Gasteiger partial charge is 0.248 e. The van der Waals surface area contributed by atoms with Gasteiger partial charge in [0.25, 0.3) is 0 Å². The molecule has 0 amide bonds. The van der Waals surface area contributed by atoms with Crippen LogP contribution in [0, 0.1) is 0 Å². The number of imidazole rings is 4. The van der Waals surface area contributed by atoms with Crippen LogP contribution in [0.4, 0.5) is 0 Å². The molecule has 12 heteroatoms. The van der Waals surface area contributed by atoms with Crippen molar-refractivity contribution in [1.82, 2.24) is 18.3 Å². The Balaban J connectivity index is 0.00000147. The molecule has 6 heterocycles. The molecule has 0 fully saturated rings. The molecule has 0 N–H and O–H groups in total. The predicted molar refractivity (Wildman–Crippen MR) is 279 cm³/mol. The summed E-state index contributed by atoms with van der Waals surface area (Å²) in [7, 11) is 0. The van der Waals surface area contributed by atoms with Gasteiger partial charge in [-0.25, -0.2) is 18.3 Å². The molecule has 364 valence electrons. The number of fused-ring (bicyclic) bond motifs is 5. The Hall–Kier alpha value is -6.96. The third-order valence-corrected chi connectivity index (χ3v) is 15.3. The Labute approximate surface area is 469 Å². The van der Waals surface area contributed by atoms with E-state index in [0.717, 1.165) is 26.2 Å². The van der Waals surface area contributed by atoms with Crippen LogP contribution in [0.15, 0.2) is 219 Å². The zero-order valence-corrected chi connectivity index (χ0v) is 46.5. The SMILES string of the molecule is [Br-].[Br-].[Br-].[Br-].c1ccc2c3c4ccccc4c(c2c1)Cn1c[n+](c2ccccc21)C[n+]1cn(c2ccccc21)Cc1c2ccccc2c(c2ccccc12)Cn1c[n+](c2ccccc21)C[n+]1cn(c2ccccc21)C3. The first kappa shape index (κ1) is 49.3. The lowest BCUT2D eigenvalue weighted by molar-refractivity contribution is -0.891. The summed E-state index contributed by atoms with van der Waals surface area (Å²) in [5, 5.41) is 10.3. The summed E-state index contributed by atoms with van der Waals surface area (Å²) in [5.41, 5.74) is 15.0.